The Morgan fingerprint density at radius 1 is 1.27 bits per heavy atom. The number of amides is 1. The van der Waals surface area contributed by atoms with Crippen LogP contribution in [0.5, 0.6) is 0 Å². The van der Waals surface area contributed by atoms with Gasteiger partial charge in [-0.15, -0.1) is 0 Å². The van der Waals surface area contributed by atoms with Gasteiger partial charge in [0.25, 0.3) is 0 Å². The van der Waals surface area contributed by atoms with Crippen LogP contribution in [0.2, 0.25) is 0 Å². The number of carbonyl (C=O) groups excluding carboxylic acids is 1. The van der Waals surface area contributed by atoms with Crippen LogP contribution in [0.4, 0.5) is 10.2 Å². The molecule has 3 rings (SSSR count). The first-order chi connectivity index (χ1) is 12.7. The number of nitrogens with zero attached hydrogens (tertiary/aromatic N) is 3. The van der Waals surface area contributed by atoms with Crippen LogP contribution < -0.4 is 10.2 Å². The fourth-order valence-electron chi connectivity index (χ4n) is 3.26. The third-order valence-electron chi connectivity index (χ3n) is 4.72. The third kappa shape index (κ3) is 4.17. The zero-order valence-electron chi connectivity index (χ0n) is 14.5. The number of halogens is 1. The molecule has 1 aromatic carbocycles. The topological polar surface area (TPSA) is 69.0 Å². The van der Waals surface area contributed by atoms with Crippen LogP contribution in [-0.2, 0) is 11.2 Å². The molecule has 0 atom stereocenters. The molecular formula is C20H21FN4O. The lowest BCUT2D eigenvalue weighted by Crippen LogP contribution is -2.41. The zero-order chi connectivity index (χ0) is 18.4. The summed E-state index contributed by atoms with van der Waals surface area (Å²) in [5, 5.41) is 12.1. The summed E-state index contributed by atoms with van der Waals surface area (Å²) < 4.78 is 13.6. The van der Waals surface area contributed by atoms with Crippen LogP contribution >= 0.6 is 0 Å². The van der Waals surface area contributed by atoms with Crippen LogP contribution in [0.15, 0.2) is 42.6 Å². The average Bonchev–Trinajstić information content (AvgIpc) is 2.69. The van der Waals surface area contributed by atoms with E-state index < -0.39 is 0 Å². The molecular weight excluding hydrogens is 331 g/mol. The second-order valence-corrected chi connectivity index (χ2v) is 6.38. The molecule has 6 heteroatoms. The fraction of sp³-hybridized carbons (Fsp3) is 0.350. The number of pyridine rings is 1. The molecule has 0 aliphatic carbocycles. The summed E-state index contributed by atoms with van der Waals surface area (Å²) in [5.41, 5.74) is 1.17. The van der Waals surface area contributed by atoms with Crippen molar-refractivity contribution < 1.29 is 9.18 Å². The van der Waals surface area contributed by atoms with E-state index in [0.717, 1.165) is 0 Å². The van der Waals surface area contributed by atoms with Crippen LogP contribution in [-0.4, -0.2) is 30.5 Å². The maximum Gasteiger partial charge on any atom is 0.223 e. The molecule has 1 aliphatic heterocycles. The molecule has 1 N–H and O–H groups in total. The molecule has 0 radical (unpaired) electrons. The van der Waals surface area contributed by atoms with E-state index in [2.05, 4.69) is 21.3 Å². The molecule has 1 saturated heterocycles. The predicted octanol–water partition coefficient (Wildman–Crippen LogP) is 2.67. The number of hydrogen-bond donors (Lipinski definition) is 1. The average molecular weight is 352 g/mol. The summed E-state index contributed by atoms with van der Waals surface area (Å²) in [5.74, 6) is 0.413. The molecule has 5 nitrogen and oxygen atoms in total. The Balaban J connectivity index is 1.48. The summed E-state index contributed by atoms with van der Waals surface area (Å²) >= 11 is 0. The Labute approximate surface area is 152 Å². The second kappa shape index (κ2) is 8.43. The van der Waals surface area contributed by atoms with Gasteiger partial charge in [0.2, 0.25) is 5.91 Å². The Morgan fingerprint density at radius 2 is 2.04 bits per heavy atom. The maximum absolute atomic E-state index is 13.6. The van der Waals surface area contributed by atoms with Gasteiger partial charge in [0.15, 0.2) is 0 Å². The van der Waals surface area contributed by atoms with E-state index in [9.17, 15) is 14.4 Å². The van der Waals surface area contributed by atoms with E-state index in [4.69, 9.17) is 0 Å². The van der Waals surface area contributed by atoms with Crippen molar-refractivity contribution in [2.24, 2.45) is 5.92 Å². The van der Waals surface area contributed by atoms with Gasteiger partial charge in [-0.25, -0.2) is 9.37 Å². The first-order valence-corrected chi connectivity index (χ1v) is 8.80. The van der Waals surface area contributed by atoms with Gasteiger partial charge in [-0.05, 0) is 43.0 Å². The molecule has 1 aliphatic rings. The Hall–Kier alpha value is -2.94. The minimum absolute atomic E-state index is 0.0162. The molecule has 0 spiro atoms. The highest BCUT2D eigenvalue weighted by atomic mass is 19.1. The second-order valence-electron chi connectivity index (χ2n) is 6.38. The zero-order valence-corrected chi connectivity index (χ0v) is 14.5. The molecule has 0 unspecified atom stereocenters. The van der Waals surface area contributed by atoms with Gasteiger partial charge >= 0.3 is 0 Å². The number of nitriles is 1. The lowest BCUT2D eigenvalue weighted by atomic mass is 9.95. The quantitative estimate of drug-likeness (QED) is 0.898. The molecule has 0 saturated carbocycles. The van der Waals surface area contributed by atoms with Gasteiger partial charge in [-0.2, -0.15) is 5.26 Å². The first-order valence-electron chi connectivity index (χ1n) is 8.80. The third-order valence-corrected chi connectivity index (χ3v) is 4.72. The maximum atomic E-state index is 13.6. The summed E-state index contributed by atoms with van der Waals surface area (Å²) in [7, 11) is 0. The number of rotatable bonds is 5. The van der Waals surface area contributed by atoms with E-state index >= 15 is 0 Å². The van der Waals surface area contributed by atoms with Crippen molar-refractivity contribution in [1.82, 2.24) is 10.3 Å². The molecule has 1 amide bonds. The largest absolute Gasteiger partial charge is 0.356 e. The van der Waals surface area contributed by atoms with Gasteiger partial charge < -0.3 is 10.2 Å². The van der Waals surface area contributed by atoms with Crippen molar-refractivity contribution in [3.63, 3.8) is 0 Å². The van der Waals surface area contributed by atoms with Crippen molar-refractivity contribution in [2.45, 2.75) is 19.3 Å². The first kappa shape index (κ1) is 17.9. The minimum Gasteiger partial charge on any atom is -0.356 e. The number of benzene rings is 1. The summed E-state index contributed by atoms with van der Waals surface area (Å²) in [6.07, 6.45) is 3.59. The molecule has 0 bridgehead atoms. The van der Waals surface area contributed by atoms with E-state index in [1.807, 2.05) is 0 Å². The van der Waals surface area contributed by atoms with Gasteiger partial charge in [-0.1, -0.05) is 18.2 Å². The lowest BCUT2D eigenvalue weighted by molar-refractivity contribution is -0.125. The van der Waals surface area contributed by atoms with Crippen molar-refractivity contribution in [3.8, 4) is 6.07 Å². The van der Waals surface area contributed by atoms with Gasteiger partial charge in [0.1, 0.15) is 17.7 Å². The Kier molecular flexibility index (Phi) is 5.80. The van der Waals surface area contributed by atoms with Gasteiger partial charge in [0.05, 0.1) is 5.56 Å². The van der Waals surface area contributed by atoms with Gasteiger partial charge in [0, 0.05) is 31.7 Å². The van der Waals surface area contributed by atoms with Crippen molar-refractivity contribution in [1.29, 1.82) is 5.26 Å². The molecule has 1 fully saturated rings. The molecule has 2 aromatic rings. The van der Waals surface area contributed by atoms with Crippen LogP contribution in [0.25, 0.3) is 0 Å². The predicted molar refractivity (Wildman–Crippen MR) is 97.0 cm³/mol. The monoisotopic (exact) mass is 352 g/mol. The Morgan fingerprint density at radius 3 is 2.77 bits per heavy atom. The number of hydrogen-bond acceptors (Lipinski definition) is 4. The number of anilines is 1. The van der Waals surface area contributed by atoms with Gasteiger partial charge in [-0.3, -0.25) is 4.79 Å². The normalized spacial score (nSPS) is 14.7. The fourth-order valence-corrected chi connectivity index (χ4v) is 3.26. The highest BCUT2D eigenvalue weighted by molar-refractivity contribution is 5.79. The molecule has 26 heavy (non-hydrogen) atoms. The molecule has 2 heterocycles. The minimum atomic E-state index is -0.237. The number of piperidine rings is 1. The van der Waals surface area contributed by atoms with Crippen molar-refractivity contribution >= 4 is 11.7 Å². The van der Waals surface area contributed by atoms with Crippen LogP contribution in [0.1, 0.15) is 24.0 Å². The number of nitrogens with one attached hydrogen (secondary N) is 1. The highest BCUT2D eigenvalue weighted by Crippen LogP contribution is 2.24. The summed E-state index contributed by atoms with van der Waals surface area (Å²) in [4.78, 5) is 18.7. The Bertz CT molecular complexity index is 809. The highest BCUT2D eigenvalue weighted by Gasteiger charge is 2.26. The lowest BCUT2D eigenvalue weighted by Gasteiger charge is -2.32. The van der Waals surface area contributed by atoms with Crippen LogP contribution in [0.3, 0.4) is 0 Å². The SMILES string of the molecule is N#Cc1cccnc1N1CCC(C(=O)NCCc2ccccc2F)CC1. The smallest absolute Gasteiger partial charge is 0.223 e. The van der Waals surface area contributed by atoms with Crippen LogP contribution in [0, 0.1) is 23.1 Å². The van der Waals surface area contributed by atoms with E-state index in [1.54, 1.807) is 36.5 Å². The van der Waals surface area contributed by atoms with E-state index in [-0.39, 0.29) is 17.6 Å². The van der Waals surface area contributed by atoms with E-state index in [0.29, 0.717) is 55.8 Å². The van der Waals surface area contributed by atoms with E-state index in [1.165, 1.54) is 6.07 Å². The molecule has 1 aromatic heterocycles. The van der Waals surface area contributed by atoms with Crippen molar-refractivity contribution in [2.75, 3.05) is 24.5 Å². The standard InChI is InChI=1S/C20H21FN4O/c21-18-6-2-1-4-15(18)7-11-24-20(26)16-8-12-25(13-9-16)19-17(14-22)5-3-10-23-19/h1-6,10,16H,7-9,11-13H2,(H,24,26). The molecule has 134 valence electrons. The number of carbonyl (C=O) groups is 1. The van der Waals surface area contributed by atoms with Crippen molar-refractivity contribution in [3.05, 3.63) is 59.5 Å². The summed E-state index contributed by atoms with van der Waals surface area (Å²) in [6, 6.07) is 12.3. The summed E-state index contributed by atoms with van der Waals surface area (Å²) in [6.45, 7) is 1.81. The number of aromatic nitrogens is 1.